The van der Waals surface area contributed by atoms with Crippen molar-refractivity contribution >= 4 is 17.4 Å². The zero-order valence-corrected chi connectivity index (χ0v) is 9.30. The number of hydrogen-bond acceptors (Lipinski definition) is 4. The highest BCUT2D eigenvalue weighted by Crippen LogP contribution is 2.10. The smallest absolute Gasteiger partial charge is 0.329 e. The van der Waals surface area contributed by atoms with Gasteiger partial charge in [0.1, 0.15) is 0 Å². The third-order valence-corrected chi connectivity index (χ3v) is 2.30. The van der Waals surface area contributed by atoms with Crippen LogP contribution in [0.3, 0.4) is 0 Å². The molecule has 0 radical (unpaired) electrons. The van der Waals surface area contributed by atoms with E-state index in [0.717, 1.165) is 16.3 Å². The summed E-state index contributed by atoms with van der Waals surface area (Å²) >= 11 is 0.624. The Hall–Kier alpha value is -1.56. The minimum absolute atomic E-state index is 0.169. The Balaban J connectivity index is 2.66. The fourth-order valence-corrected chi connectivity index (χ4v) is 1.47. The number of nitrogens with zero attached hydrogens (tertiary/aromatic N) is 1. The quantitative estimate of drug-likeness (QED) is 0.746. The minimum atomic E-state index is -0.533. The number of aromatic hydroxyl groups is 1. The molecule has 0 bridgehead atoms. The third-order valence-electron chi connectivity index (χ3n) is 1.61. The monoisotopic (exact) mass is 228 g/mol. The van der Waals surface area contributed by atoms with Gasteiger partial charge in [0.15, 0.2) is 5.06 Å². The van der Waals surface area contributed by atoms with Crippen LogP contribution < -0.4 is 10.2 Å². The van der Waals surface area contributed by atoms with Crippen molar-refractivity contribution in [1.82, 2.24) is 9.88 Å². The average molecular weight is 228 g/mol. The molecule has 82 valence electrons. The molecule has 1 amide bonds. The molecule has 1 rings (SSSR count). The molecule has 1 aromatic heterocycles. The predicted octanol–water partition coefficient (Wildman–Crippen LogP) is 1.14. The lowest BCUT2D eigenvalue weighted by Gasteiger charge is -2.01. The Morgan fingerprint density at radius 1 is 1.67 bits per heavy atom. The molecule has 6 heteroatoms. The van der Waals surface area contributed by atoms with Crippen molar-refractivity contribution in [3.63, 3.8) is 0 Å². The summed E-state index contributed by atoms with van der Waals surface area (Å²) in [5, 5.41) is 11.4. The van der Waals surface area contributed by atoms with Crippen molar-refractivity contribution in [2.75, 3.05) is 6.54 Å². The highest BCUT2D eigenvalue weighted by Gasteiger charge is 2.09. The number of aromatic nitrogens is 1. The first-order valence-corrected chi connectivity index (χ1v) is 5.15. The van der Waals surface area contributed by atoms with Gasteiger partial charge in [0.2, 0.25) is 0 Å². The summed E-state index contributed by atoms with van der Waals surface area (Å²) in [7, 11) is 0. The highest BCUT2D eigenvalue weighted by molar-refractivity contribution is 7.11. The lowest BCUT2D eigenvalue weighted by atomic mass is 10.3. The summed E-state index contributed by atoms with van der Waals surface area (Å²) in [4.78, 5) is 22.0. The van der Waals surface area contributed by atoms with Crippen molar-refractivity contribution < 1.29 is 9.90 Å². The molecule has 0 atom stereocenters. The van der Waals surface area contributed by atoms with E-state index >= 15 is 0 Å². The largest absolute Gasteiger partial charge is 0.498 e. The second kappa shape index (κ2) is 4.79. The van der Waals surface area contributed by atoms with E-state index in [1.165, 1.54) is 0 Å². The number of amides is 1. The van der Waals surface area contributed by atoms with E-state index < -0.39 is 10.9 Å². The van der Waals surface area contributed by atoms with Crippen LogP contribution >= 0.6 is 11.3 Å². The van der Waals surface area contributed by atoms with E-state index in [-0.39, 0.29) is 5.06 Å². The first-order valence-electron chi connectivity index (χ1n) is 4.33. The van der Waals surface area contributed by atoms with Crippen LogP contribution in [0.2, 0.25) is 0 Å². The van der Waals surface area contributed by atoms with Gasteiger partial charge >= 0.3 is 10.9 Å². The highest BCUT2D eigenvalue weighted by atomic mass is 32.1. The number of thiazole rings is 1. The summed E-state index contributed by atoms with van der Waals surface area (Å²) in [6.07, 6.45) is 2.93. The van der Waals surface area contributed by atoms with Crippen LogP contribution in [-0.2, 0) is 0 Å². The van der Waals surface area contributed by atoms with Gasteiger partial charge < -0.3 is 10.4 Å². The molecule has 0 aliphatic heterocycles. The Labute approximate surface area is 90.7 Å². The van der Waals surface area contributed by atoms with Gasteiger partial charge in [-0.1, -0.05) is 11.6 Å². The number of carbonyl (C=O) groups excluding carboxylic acids is 1. The molecule has 0 spiro atoms. The molecule has 0 saturated heterocycles. The fourth-order valence-electron chi connectivity index (χ4n) is 0.897. The van der Waals surface area contributed by atoms with E-state index in [4.69, 9.17) is 5.11 Å². The van der Waals surface area contributed by atoms with Crippen molar-refractivity contribution in [3.8, 4) is 5.06 Å². The van der Waals surface area contributed by atoms with E-state index in [1.54, 1.807) is 0 Å². The molecule has 0 unspecified atom stereocenters. The molecule has 2 N–H and O–H groups in total. The third kappa shape index (κ3) is 3.25. The normalized spacial score (nSPS) is 9.73. The van der Waals surface area contributed by atoms with Crippen LogP contribution in [0.25, 0.3) is 0 Å². The zero-order valence-electron chi connectivity index (χ0n) is 8.48. The van der Waals surface area contributed by atoms with Crippen molar-refractivity contribution in [2.24, 2.45) is 0 Å². The average Bonchev–Trinajstić information content (AvgIpc) is 2.44. The van der Waals surface area contributed by atoms with Crippen LogP contribution in [-0.4, -0.2) is 22.2 Å². The summed E-state index contributed by atoms with van der Waals surface area (Å²) in [6, 6.07) is -0.533. The van der Waals surface area contributed by atoms with Crippen LogP contribution in [0.1, 0.15) is 13.8 Å². The Morgan fingerprint density at radius 2 is 2.33 bits per heavy atom. The molecule has 0 saturated carbocycles. The molecule has 1 heterocycles. The van der Waals surface area contributed by atoms with Gasteiger partial charge in [0.05, 0.1) is 6.20 Å². The molecule has 0 aliphatic carbocycles. The molecule has 15 heavy (non-hydrogen) atoms. The van der Waals surface area contributed by atoms with Crippen LogP contribution in [0, 0.1) is 0 Å². The number of carbonyl (C=O) groups is 1. The maximum Gasteiger partial charge on any atom is 0.329 e. The van der Waals surface area contributed by atoms with Gasteiger partial charge in [0, 0.05) is 6.54 Å². The van der Waals surface area contributed by atoms with Crippen molar-refractivity contribution in [2.45, 2.75) is 13.8 Å². The van der Waals surface area contributed by atoms with Gasteiger partial charge in [-0.15, -0.1) is 0 Å². The minimum Gasteiger partial charge on any atom is -0.498 e. The van der Waals surface area contributed by atoms with Gasteiger partial charge in [0.25, 0.3) is 0 Å². The first-order chi connectivity index (χ1) is 7.00. The standard InChI is InChI=1S/C9H12N2O3S/c1-6(2)3-4-10-8(13)11-5-7(12)15-9(11)14/h3,5,12H,4H2,1-2H3,(H,10,13). The summed E-state index contributed by atoms with van der Waals surface area (Å²) in [5.74, 6) is 0. The number of hydrogen-bond donors (Lipinski definition) is 2. The van der Waals surface area contributed by atoms with Crippen molar-refractivity contribution in [3.05, 3.63) is 27.5 Å². The Bertz CT molecular complexity index is 440. The maximum atomic E-state index is 11.4. The summed E-state index contributed by atoms with van der Waals surface area (Å²) < 4.78 is 0.846. The number of rotatable bonds is 2. The lowest BCUT2D eigenvalue weighted by molar-refractivity contribution is 0.243. The van der Waals surface area contributed by atoms with Gasteiger partial charge in [-0.25, -0.2) is 9.36 Å². The number of allylic oxidation sites excluding steroid dienone is 1. The van der Waals surface area contributed by atoms with E-state index in [2.05, 4.69) is 5.32 Å². The predicted molar refractivity (Wildman–Crippen MR) is 58.5 cm³/mol. The SMILES string of the molecule is CC(C)=CCNC(=O)n1cc(O)sc1=O. The number of nitrogens with one attached hydrogen (secondary N) is 1. The second-order valence-corrected chi connectivity index (χ2v) is 4.14. The van der Waals surface area contributed by atoms with Crippen molar-refractivity contribution in [1.29, 1.82) is 0 Å². The molecule has 1 aromatic rings. The topological polar surface area (TPSA) is 71.3 Å². The van der Waals surface area contributed by atoms with Crippen LogP contribution in [0.5, 0.6) is 5.06 Å². The van der Waals surface area contributed by atoms with Gasteiger partial charge in [-0.3, -0.25) is 4.79 Å². The fraction of sp³-hybridized carbons (Fsp3) is 0.333. The molecule has 0 aromatic carbocycles. The van der Waals surface area contributed by atoms with Gasteiger partial charge in [-0.2, -0.15) is 0 Å². The Kier molecular flexibility index (Phi) is 3.68. The maximum absolute atomic E-state index is 11.4. The first kappa shape index (κ1) is 11.5. The zero-order chi connectivity index (χ0) is 11.4. The molecule has 0 fully saturated rings. The van der Waals surface area contributed by atoms with E-state index in [9.17, 15) is 9.59 Å². The van der Waals surface area contributed by atoms with E-state index in [0.29, 0.717) is 17.9 Å². The molecular formula is C9H12N2O3S. The second-order valence-electron chi connectivity index (χ2n) is 3.17. The molecule has 5 nitrogen and oxygen atoms in total. The molecule has 0 aliphatic rings. The van der Waals surface area contributed by atoms with Gasteiger partial charge in [-0.05, 0) is 25.2 Å². The summed E-state index contributed by atoms with van der Waals surface area (Å²) in [6.45, 7) is 4.19. The van der Waals surface area contributed by atoms with E-state index in [1.807, 2.05) is 19.9 Å². The summed E-state index contributed by atoms with van der Waals surface area (Å²) in [5.41, 5.74) is 1.08. The Morgan fingerprint density at radius 3 is 2.80 bits per heavy atom. The molecular weight excluding hydrogens is 216 g/mol. The lowest BCUT2D eigenvalue weighted by Crippen LogP contribution is -2.33. The van der Waals surface area contributed by atoms with Crippen LogP contribution in [0.15, 0.2) is 22.6 Å². The van der Waals surface area contributed by atoms with Crippen LogP contribution in [0.4, 0.5) is 4.79 Å².